The largest absolute Gasteiger partial charge is 0.424 e. The number of oxazole rings is 1. The summed E-state index contributed by atoms with van der Waals surface area (Å²) in [6.45, 7) is 4.78. The molecule has 0 aliphatic rings. The van der Waals surface area contributed by atoms with Crippen molar-refractivity contribution in [3.63, 3.8) is 0 Å². The fourth-order valence-corrected chi connectivity index (χ4v) is 3.00. The normalized spacial score (nSPS) is 11.0. The minimum absolute atomic E-state index is 0.00635. The minimum atomic E-state index is -0.446. The Bertz CT molecular complexity index is 803. The van der Waals surface area contributed by atoms with E-state index in [0.717, 1.165) is 0 Å². The molecule has 0 spiro atoms. The maximum Gasteiger partial charge on any atom is 0.295 e. The molecule has 108 valence electrons. The summed E-state index contributed by atoms with van der Waals surface area (Å²) in [6, 6.07) is 6.87. The summed E-state index contributed by atoms with van der Waals surface area (Å²) in [4.78, 5) is 17.0. The second-order valence-corrected chi connectivity index (χ2v) is 6.07. The van der Waals surface area contributed by atoms with Crippen LogP contribution in [-0.4, -0.2) is 9.91 Å². The van der Waals surface area contributed by atoms with Crippen molar-refractivity contribution in [1.29, 1.82) is 0 Å². The quantitative estimate of drug-likeness (QED) is 0.581. The Morgan fingerprint density at radius 3 is 2.86 bits per heavy atom. The van der Waals surface area contributed by atoms with Crippen LogP contribution >= 0.6 is 11.3 Å². The molecule has 0 aliphatic carbocycles. The Labute approximate surface area is 124 Å². The van der Waals surface area contributed by atoms with Crippen molar-refractivity contribution >= 4 is 34.1 Å². The zero-order valence-corrected chi connectivity index (χ0v) is 12.4. The van der Waals surface area contributed by atoms with E-state index in [1.165, 1.54) is 27.5 Å². The van der Waals surface area contributed by atoms with Crippen LogP contribution in [0, 0.1) is 24.0 Å². The zero-order chi connectivity index (χ0) is 15.0. The molecular weight excluding hydrogens is 290 g/mol. The summed E-state index contributed by atoms with van der Waals surface area (Å²) in [5.74, 6) is 0. The first-order chi connectivity index (χ1) is 10.0. The number of fused-ring (bicyclic) bond motifs is 1. The van der Waals surface area contributed by atoms with Crippen molar-refractivity contribution < 1.29 is 9.34 Å². The number of nitro benzene ring substituents is 1. The maximum absolute atomic E-state index is 10.7. The van der Waals surface area contributed by atoms with E-state index in [4.69, 9.17) is 4.42 Å². The van der Waals surface area contributed by atoms with E-state index < -0.39 is 4.92 Å². The molecule has 0 unspecified atom stereocenters. The number of anilines is 1. The van der Waals surface area contributed by atoms with Crippen molar-refractivity contribution in [2.45, 2.75) is 20.4 Å². The smallest absolute Gasteiger partial charge is 0.295 e. The molecule has 0 atom stereocenters. The Balaban J connectivity index is 1.79. The zero-order valence-electron chi connectivity index (χ0n) is 11.5. The van der Waals surface area contributed by atoms with Gasteiger partial charge in [0.25, 0.3) is 11.7 Å². The van der Waals surface area contributed by atoms with E-state index in [0.29, 0.717) is 23.7 Å². The molecule has 21 heavy (non-hydrogen) atoms. The lowest BCUT2D eigenvalue weighted by Crippen LogP contribution is -1.96. The van der Waals surface area contributed by atoms with Crippen LogP contribution in [0.2, 0.25) is 0 Å². The predicted octanol–water partition coefficient (Wildman–Crippen LogP) is 4.03. The van der Waals surface area contributed by atoms with Crippen LogP contribution in [0.4, 0.5) is 11.7 Å². The van der Waals surface area contributed by atoms with E-state index in [2.05, 4.69) is 30.2 Å². The lowest BCUT2D eigenvalue weighted by Gasteiger charge is -1.97. The summed E-state index contributed by atoms with van der Waals surface area (Å²) in [5.41, 5.74) is 2.28. The average Bonchev–Trinajstić information content (AvgIpc) is 2.99. The van der Waals surface area contributed by atoms with E-state index in [1.54, 1.807) is 17.4 Å². The molecule has 0 bridgehead atoms. The van der Waals surface area contributed by atoms with Crippen molar-refractivity contribution in [1.82, 2.24) is 4.98 Å². The molecule has 6 nitrogen and oxygen atoms in total. The molecule has 0 saturated heterocycles. The van der Waals surface area contributed by atoms with Gasteiger partial charge in [0.15, 0.2) is 5.58 Å². The van der Waals surface area contributed by atoms with Crippen LogP contribution in [0.1, 0.15) is 15.3 Å². The van der Waals surface area contributed by atoms with Crippen molar-refractivity contribution in [2.75, 3.05) is 5.32 Å². The first-order valence-corrected chi connectivity index (χ1v) is 7.19. The molecule has 0 saturated carbocycles. The Kier molecular flexibility index (Phi) is 3.34. The predicted molar refractivity (Wildman–Crippen MR) is 81.8 cm³/mol. The van der Waals surface area contributed by atoms with Gasteiger partial charge in [-0.2, -0.15) is 4.98 Å². The molecule has 0 fully saturated rings. The molecular formula is C14H13N3O3S. The molecule has 0 aliphatic heterocycles. The first kappa shape index (κ1) is 13.6. The van der Waals surface area contributed by atoms with Gasteiger partial charge >= 0.3 is 0 Å². The Morgan fingerprint density at radius 1 is 1.38 bits per heavy atom. The number of hydrogen-bond donors (Lipinski definition) is 1. The number of thiophene rings is 1. The van der Waals surface area contributed by atoms with Gasteiger partial charge < -0.3 is 9.73 Å². The lowest BCUT2D eigenvalue weighted by atomic mass is 10.3. The molecule has 3 rings (SSSR count). The first-order valence-electron chi connectivity index (χ1n) is 6.37. The van der Waals surface area contributed by atoms with Crippen LogP contribution in [0.25, 0.3) is 11.1 Å². The second kappa shape index (κ2) is 5.17. The van der Waals surface area contributed by atoms with Gasteiger partial charge in [0.1, 0.15) is 5.52 Å². The van der Waals surface area contributed by atoms with E-state index in [1.807, 2.05) is 0 Å². The summed E-state index contributed by atoms with van der Waals surface area (Å²) in [7, 11) is 0. The van der Waals surface area contributed by atoms with Gasteiger partial charge in [-0.05, 0) is 31.5 Å². The van der Waals surface area contributed by atoms with Crippen molar-refractivity contribution in [3.8, 4) is 0 Å². The van der Waals surface area contributed by atoms with E-state index in [-0.39, 0.29) is 5.69 Å². The molecule has 2 heterocycles. The third-order valence-electron chi connectivity index (χ3n) is 3.21. The summed E-state index contributed by atoms with van der Waals surface area (Å²) < 4.78 is 5.52. The highest BCUT2D eigenvalue weighted by Gasteiger charge is 2.11. The maximum atomic E-state index is 10.7. The fourth-order valence-electron chi connectivity index (χ4n) is 2.00. The number of hydrogen-bond acceptors (Lipinski definition) is 6. The number of nitrogens with zero attached hydrogens (tertiary/aromatic N) is 2. The molecule has 0 amide bonds. The van der Waals surface area contributed by atoms with Gasteiger partial charge in [-0.25, -0.2) is 0 Å². The monoisotopic (exact) mass is 303 g/mol. The standard InChI is InChI=1S/C14H13N3O3S/c1-8-5-11(21-9(8)2)7-15-14-16-12-6-10(17(18)19)3-4-13(12)20-14/h3-6H,7H2,1-2H3,(H,15,16). The number of aryl methyl sites for hydroxylation is 2. The van der Waals surface area contributed by atoms with Gasteiger partial charge in [0.2, 0.25) is 0 Å². The highest BCUT2D eigenvalue weighted by molar-refractivity contribution is 7.12. The molecule has 1 N–H and O–H groups in total. The van der Waals surface area contributed by atoms with Gasteiger partial charge in [-0.1, -0.05) is 0 Å². The summed E-state index contributed by atoms with van der Waals surface area (Å²) in [6.07, 6.45) is 0. The molecule has 0 radical (unpaired) electrons. The average molecular weight is 303 g/mol. The summed E-state index contributed by atoms with van der Waals surface area (Å²) in [5, 5.41) is 13.8. The van der Waals surface area contributed by atoms with Crippen LogP contribution in [0.15, 0.2) is 28.7 Å². The highest BCUT2D eigenvalue weighted by atomic mass is 32.1. The lowest BCUT2D eigenvalue weighted by molar-refractivity contribution is -0.384. The van der Waals surface area contributed by atoms with Gasteiger partial charge in [-0.3, -0.25) is 10.1 Å². The van der Waals surface area contributed by atoms with Crippen molar-refractivity contribution in [3.05, 3.63) is 49.7 Å². The summed E-state index contributed by atoms with van der Waals surface area (Å²) >= 11 is 1.73. The topological polar surface area (TPSA) is 81.2 Å². The van der Waals surface area contributed by atoms with Crippen LogP contribution in [0.3, 0.4) is 0 Å². The third-order valence-corrected chi connectivity index (χ3v) is 4.37. The number of nitrogens with one attached hydrogen (secondary N) is 1. The molecule has 1 aromatic carbocycles. The van der Waals surface area contributed by atoms with Crippen LogP contribution in [-0.2, 0) is 6.54 Å². The van der Waals surface area contributed by atoms with Crippen LogP contribution in [0.5, 0.6) is 0 Å². The van der Waals surface area contributed by atoms with Crippen LogP contribution < -0.4 is 5.32 Å². The van der Waals surface area contributed by atoms with Crippen molar-refractivity contribution in [2.24, 2.45) is 0 Å². The number of rotatable bonds is 4. The molecule has 3 aromatic rings. The second-order valence-electron chi connectivity index (χ2n) is 4.73. The highest BCUT2D eigenvalue weighted by Crippen LogP contribution is 2.25. The number of non-ortho nitro benzene ring substituents is 1. The number of aromatic nitrogens is 1. The number of nitro groups is 1. The molecule has 7 heteroatoms. The van der Waals surface area contributed by atoms with Gasteiger partial charge in [0.05, 0.1) is 11.5 Å². The van der Waals surface area contributed by atoms with E-state index >= 15 is 0 Å². The van der Waals surface area contributed by atoms with Gasteiger partial charge in [-0.15, -0.1) is 11.3 Å². The Hall–Kier alpha value is -2.41. The van der Waals surface area contributed by atoms with Gasteiger partial charge in [0, 0.05) is 21.9 Å². The fraction of sp³-hybridized carbons (Fsp3) is 0.214. The SMILES string of the molecule is Cc1cc(CNc2nc3cc([N+](=O)[O-])ccc3o2)sc1C. The van der Waals surface area contributed by atoms with E-state index in [9.17, 15) is 10.1 Å². The Morgan fingerprint density at radius 2 is 2.19 bits per heavy atom. The third kappa shape index (κ3) is 2.73. The number of benzene rings is 1. The minimum Gasteiger partial charge on any atom is -0.424 e. The molecule has 2 aromatic heterocycles.